The lowest BCUT2D eigenvalue weighted by Crippen LogP contribution is -2.50. The molecule has 6 heteroatoms. The first-order valence-corrected chi connectivity index (χ1v) is 8.22. The van der Waals surface area contributed by atoms with Crippen molar-refractivity contribution in [1.82, 2.24) is 19.7 Å². The van der Waals surface area contributed by atoms with E-state index in [-0.39, 0.29) is 11.9 Å². The molecule has 1 saturated carbocycles. The molecule has 0 bridgehead atoms. The van der Waals surface area contributed by atoms with Crippen molar-refractivity contribution >= 4 is 0 Å². The van der Waals surface area contributed by atoms with E-state index >= 15 is 0 Å². The lowest BCUT2D eigenvalue weighted by atomic mass is 10.0. The molecule has 0 radical (unpaired) electrons. The number of hydrogen-bond donors (Lipinski definition) is 0. The summed E-state index contributed by atoms with van der Waals surface area (Å²) in [7, 11) is 0. The lowest BCUT2D eigenvalue weighted by Gasteiger charge is -2.39. The topological polar surface area (TPSA) is 43.2 Å². The van der Waals surface area contributed by atoms with Crippen LogP contribution < -0.4 is 0 Å². The number of aromatic nitrogens is 3. The Kier molecular flexibility index (Phi) is 4.10. The third-order valence-corrected chi connectivity index (χ3v) is 5.05. The summed E-state index contributed by atoms with van der Waals surface area (Å²) >= 11 is 0. The second-order valence-electron chi connectivity index (χ2n) is 6.50. The van der Waals surface area contributed by atoms with E-state index in [4.69, 9.17) is 4.74 Å². The Morgan fingerprint density at radius 2 is 1.91 bits per heavy atom. The van der Waals surface area contributed by atoms with Gasteiger partial charge in [0, 0.05) is 31.6 Å². The molecule has 3 atom stereocenters. The van der Waals surface area contributed by atoms with Crippen molar-refractivity contribution in [2.24, 2.45) is 5.92 Å². The summed E-state index contributed by atoms with van der Waals surface area (Å²) in [5.74, 6) is 0.329. The molecule has 1 aromatic carbocycles. The Bertz CT molecular complexity index is 631. The number of halogens is 1. The minimum Gasteiger partial charge on any atom is -0.375 e. The molecule has 2 aliphatic rings. The Morgan fingerprint density at radius 1 is 1.13 bits per heavy atom. The average Bonchev–Trinajstić information content (AvgIpc) is 3.21. The van der Waals surface area contributed by atoms with E-state index < -0.39 is 0 Å². The molecule has 23 heavy (non-hydrogen) atoms. The number of nitrogens with zero attached hydrogens (tertiary/aromatic N) is 4. The Labute approximate surface area is 135 Å². The van der Waals surface area contributed by atoms with Gasteiger partial charge in [-0.1, -0.05) is 12.1 Å². The molecule has 1 aliphatic heterocycles. The maximum Gasteiger partial charge on any atom is 0.123 e. The fourth-order valence-corrected chi connectivity index (χ4v) is 3.94. The summed E-state index contributed by atoms with van der Waals surface area (Å²) in [5.41, 5.74) is 1.16. The first-order chi connectivity index (χ1) is 11.3. The van der Waals surface area contributed by atoms with Crippen molar-refractivity contribution in [3.05, 3.63) is 48.3 Å². The van der Waals surface area contributed by atoms with Crippen LogP contribution in [0.1, 0.15) is 18.4 Å². The van der Waals surface area contributed by atoms with Crippen LogP contribution in [0, 0.1) is 11.7 Å². The van der Waals surface area contributed by atoms with E-state index in [2.05, 4.69) is 15.1 Å². The van der Waals surface area contributed by atoms with Gasteiger partial charge in [-0.15, -0.1) is 10.2 Å². The van der Waals surface area contributed by atoms with Gasteiger partial charge < -0.3 is 9.30 Å². The van der Waals surface area contributed by atoms with Crippen LogP contribution in [0.4, 0.5) is 4.39 Å². The number of hydrogen-bond acceptors (Lipinski definition) is 4. The summed E-state index contributed by atoms with van der Waals surface area (Å²) in [6.45, 7) is 3.49. The van der Waals surface area contributed by atoms with E-state index in [0.717, 1.165) is 44.6 Å². The van der Waals surface area contributed by atoms with Crippen molar-refractivity contribution < 1.29 is 9.13 Å². The number of fused-ring (bicyclic) bond motifs is 1. The molecule has 2 heterocycles. The fraction of sp³-hybridized carbons (Fsp3) is 0.529. The SMILES string of the molecule is Fc1ccc(CN2CCO[C@@H]3[C@H](Cn4cnnc4)CC[C@@H]32)cc1. The fourth-order valence-electron chi connectivity index (χ4n) is 3.94. The highest BCUT2D eigenvalue weighted by atomic mass is 19.1. The second kappa shape index (κ2) is 6.37. The summed E-state index contributed by atoms with van der Waals surface area (Å²) in [6.07, 6.45) is 6.12. The van der Waals surface area contributed by atoms with E-state index in [1.54, 1.807) is 12.7 Å². The monoisotopic (exact) mass is 316 g/mol. The van der Waals surface area contributed by atoms with Crippen LogP contribution in [-0.4, -0.2) is 45.0 Å². The van der Waals surface area contributed by atoms with Crippen molar-refractivity contribution in [3.8, 4) is 0 Å². The molecular formula is C17H21FN4O. The van der Waals surface area contributed by atoms with Gasteiger partial charge in [-0.05, 0) is 30.5 Å². The highest BCUT2D eigenvalue weighted by molar-refractivity contribution is 5.16. The largest absolute Gasteiger partial charge is 0.375 e. The van der Waals surface area contributed by atoms with Gasteiger partial charge in [0.15, 0.2) is 0 Å². The molecular weight excluding hydrogens is 295 g/mol. The van der Waals surface area contributed by atoms with Crippen LogP contribution >= 0.6 is 0 Å². The minimum atomic E-state index is -0.177. The molecule has 0 unspecified atom stereocenters. The summed E-state index contributed by atoms with van der Waals surface area (Å²) in [5, 5.41) is 7.75. The number of rotatable bonds is 4. The number of benzene rings is 1. The molecule has 1 aliphatic carbocycles. The van der Waals surface area contributed by atoms with Crippen molar-refractivity contribution in [2.45, 2.75) is 38.1 Å². The zero-order valence-electron chi connectivity index (χ0n) is 13.0. The zero-order chi connectivity index (χ0) is 15.6. The van der Waals surface area contributed by atoms with Crippen molar-refractivity contribution in [3.63, 3.8) is 0 Å². The number of morpholine rings is 1. The predicted octanol–water partition coefficient (Wildman–Crippen LogP) is 2.10. The van der Waals surface area contributed by atoms with Gasteiger partial charge in [0.1, 0.15) is 18.5 Å². The Balaban J connectivity index is 1.43. The summed E-state index contributed by atoms with van der Waals surface area (Å²) < 4.78 is 21.2. The maximum atomic E-state index is 13.1. The first kappa shape index (κ1) is 14.8. The van der Waals surface area contributed by atoms with E-state index in [9.17, 15) is 4.39 Å². The molecule has 2 fully saturated rings. The van der Waals surface area contributed by atoms with E-state index in [1.165, 1.54) is 12.1 Å². The normalized spacial score (nSPS) is 28.0. The van der Waals surface area contributed by atoms with Gasteiger partial charge in [0.05, 0.1) is 12.7 Å². The lowest BCUT2D eigenvalue weighted by molar-refractivity contribution is -0.0786. The van der Waals surface area contributed by atoms with E-state index in [0.29, 0.717) is 12.0 Å². The van der Waals surface area contributed by atoms with Crippen LogP contribution in [0.3, 0.4) is 0 Å². The van der Waals surface area contributed by atoms with Crippen molar-refractivity contribution in [2.75, 3.05) is 13.2 Å². The summed E-state index contributed by atoms with van der Waals surface area (Å²) in [6, 6.07) is 7.29. The molecule has 2 aromatic rings. The van der Waals surface area contributed by atoms with Gasteiger partial charge in [-0.2, -0.15) is 0 Å². The third-order valence-electron chi connectivity index (χ3n) is 5.05. The van der Waals surface area contributed by atoms with Crippen LogP contribution in [0.2, 0.25) is 0 Å². The highest BCUT2D eigenvalue weighted by Crippen LogP contribution is 2.36. The first-order valence-electron chi connectivity index (χ1n) is 8.22. The van der Waals surface area contributed by atoms with E-state index in [1.807, 2.05) is 16.7 Å². The molecule has 122 valence electrons. The quantitative estimate of drug-likeness (QED) is 0.866. The molecule has 0 N–H and O–H groups in total. The van der Waals surface area contributed by atoms with Gasteiger partial charge in [0.25, 0.3) is 0 Å². The van der Waals surface area contributed by atoms with Crippen LogP contribution in [0.25, 0.3) is 0 Å². The smallest absolute Gasteiger partial charge is 0.123 e. The van der Waals surface area contributed by atoms with Crippen molar-refractivity contribution in [1.29, 1.82) is 0 Å². The average molecular weight is 316 g/mol. The molecule has 4 rings (SSSR count). The summed E-state index contributed by atoms with van der Waals surface area (Å²) in [4.78, 5) is 2.49. The predicted molar refractivity (Wildman–Crippen MR) is 83.1 cm³/mol. The Morgan fingerprint density at radius 3 is 2.70 bits per heavy atom. The molecule has 0 amide bonds. The zero-order valence-corrected chi connectivity index (χ0v) is 13.0. The van der Waals surface area contributed by atoms with Gasteiger partial charge >= 0.3 is 0 Å². The third kappa shape index (κ3) is 3.14. The van der Waals surface area contributed by atoms with Gasteiger partial charge in [0.2, 0.25) is 0 Å². The molecule has 0 spiro atoms. The number of ether oxygens (including phenoxy) is 1. The van der Waals surface area contributed by atoms with Crippen LogP contribution in [-0.2, 0) is 17.8 Å². The van der Waals surface area contributed by atoms with Gasteiger partial charge in [-0.3, -0.25) is 4.90 Å². The van der Waals surface area contributed by atoms with Gasteiger partial charge in [-0.25, -0.2) is 4.39 Å². The Hall–Kier alpha value is -1.79. The molecule has 1 aromatic heterocycles. The van der Waals surface area contributed by atoms with Crippen LogP contribution in [0.15, 0.2) is 36.9 Å². The standard InChI is InChI=1S/C17H21FN4O/c18-15-4-1-13(2-5-15)9-22-7-8-23-17-14(3-6-16(17)22)10-21-11-19-20-12-21/h1-2,4-5,11-12,14,16-17H,3,6-10H2/t14-,16-,17+/m0/s1. The molecule has 1 saturated heterocycles. The molecule has 5 nitrogen and oxygen atoms in total. The van der Waals surface area contributed by atoms with Crippen LogP contribution in [0.5, 0.6) is 0 Å². The second-order valence-corrected chi connectivity index (χ2v) is 6.50. The maximum absolute atomic E-state index is 13.1. The highest BCUT2D eigenvalue weighted by Gasteiger charge is 2.42. The minimum absolute atomic E-state index is 0.177.